The molecule has 3 heterocycles. The number of ether oxygens (including phenoxy) is 1. The van der Waals surface area contributed by atoms with Gasteiger partial charge in [0.15, 0.2) is 0 Å². The van der Waals surface area contributed by atoms with Gasteiger partial charge in [0.2, 0.25) is 0 Å². The minimum Gasteiger partial charge on any atom is -0.497 e. The normalized spacial score (nSPS) is 14.1. The lowest BCUT2D eigenvalue weighted by molar-refractivity contribution is 0.0699. The van der Waals surface area contributed by atoms with Crippen LogP contribution in [0.15, 0.2) is 70.3 Å². The van der Waals surface area contributed by atoms with E-state index in [-0.39, 0.29) is 15.5 Å². The van der Waals surface area contributed by atoms with Crippen molar-refractivity contribution in [2.75, 3.05) is 47.8 Å². The van der Waals surface area contributed by atoms with Gasteiger partial charge in [0.05, 0.1) is 18.2 Å². The molecule has 5 rings (SSSR count). The molecule has 186 valence electrons. The topological polar surface area (TPSA) is 112 Å². The number of piperazine rings is 1. The second kappa shape index (κ2) is 9.67. The Labute approximate surface area is 212 Å². The summed E-state index contributed by atoms with van der Waals surface area (Å²) in [5.74, 6) is 0.293. The number of methoxy groups -OCH3 is 1. The summed E-state index contributed by atoms with van der Waals surface area (Å²) in [6.45, 7) is 2.89. The summed E-state index contributed by atoms with van der Waals surface area (Å²) in [7, 11) is -2.11. The van der Waals surface area contributed by atoms with E-state index in [4.69, 9.17) is 9.72 Å². The molecule has 0 radical (unpaired) electrons. The number of hydrogen-bond acceptors (Lipinski definition) is 8. The summed E-state index contributed by atoms with van der Waals surface area (Å²) in [5, 5.41) is 12.0. The largest absolute Gasteiger partial charge is 0.497 e. The summed E-state index contributed by atoms with van der Waals surface area (Å²) in [6.07, 6.45) is 0. The van der Waals surface area contributed by atoms with E-state index in [1.807, 2.05) is 24.3 Å². The molecule has 0 atom stereocenters. The highest BCUT2D eigenvalue weighted by molar-refractivity contribution is 7.94. The van der Waals surface area contributed by atoms with E-state index in [1.165, 1.54) is 12.1 Å². The molecule has 1 fully saturated rings. The second-order valence-electron chi connectivity index (χ2n) is 8.27. The van der Waals surface area contributed by atoms with Gasteiger partial charge in [-0.2, -0.15) is 0 Å². The van der Waals surface area contributed by atoms with E-state index in [2.05, 4.69) is 14.5 Å². The van der Waals surface area contributed by atoms with E-state index >= 15 is 0 Å². The Morgan fingerprint density at radius 2 is 1.75 bits per heavy atom. The maximum Gasteiger partial charge on any atom is 0.336 e. The molecule has 1 saturated heterocycles. The zero-order chi connectivity index (χ0) is 25.3. The molecule has 0 bridgehead atoms. The number of anilines is 3. The summed E-state index contributed by atoms with van der Waals surface area (Å²) < 4.78 is 33.1. The SMILES string of the molecule is COc1ccc(N2CCN(c3cc(C(=O)O)c4cc(NS(=O)(=O)c5cccs5)ccc4n3)CC2)cc1. The van der Waals surface area contributed by atoms with Gasteiger partial charge in [-0.3, -0.25) is 4.72 Å². The predicted octanol–water partition coefficient (Wildman–Crippen LogP) is 4.13. The molecule has 1 aliphatic rings. The number of carboxylic acid groups (broad SMARTS) is 1. The molecular weight excluding hydrogens is 500 g/mol. The maximum absolute atomic E-state index is 12.6. The fourth-order valence-electron chi connectivity index (χ4n) is 4.22. The van der Waals surface area contributed by atoms with Gasteiger partial charge < -0.3 is 19.6 Å². The fourth-order valence-corrected chi connectivity index (χ4v) is 6.27. The molecule has 2 N–H and O–H groups in total. The van der Waals surface area contributed by atoms with Crippen molar-refractivity contribution in [2.45, 2.75) is 4.21 Å². The zero-order valence-electron chi connectivity index (χ0n) is 19.4. The standard InChI is InChI=1S/C25H24N4O5S2/c1-34-19-7-5-18(6-8-19)28-10-12-29(13-11-28)23-16-21(25(30)31)20-15-17(4-9-22(20)26-23)27-36(32,33)24-3-2-14-35-24/h2-9,14-16,27H,10-13H2,1H3,(H,30,31). The minimum absolute atomic E-state index is 0.0738. The summed E-state index contributed by atoms with van der Waals surface area (Å²) >= 11 is 1.11. The Morgan fingerprint density at radius 1 is 1.03 bits per heavy atom. The summed E-state index contributed by atoms with van der Waals surface area (Å²) in [4.78, 5) is 21.2. The van der Waals surface area contributed by atoms with Gasteiger partial charge in [-0.1, -0.05) is 6.07 Å². The number of nitrogens with one attached hydrogen (secondary N) is 1. The number of nitrogens with zero attached hydrogens (tertiary/aromatic N) is 3. The van der Waals surface area contributed by atoms with Gasteiger partial charge in [0.25, 0.3) is 10.0 Å². The van der Waals surface area contributed by atoms with Crippen LogP contribution in [0.4, 0.5) is 17.2 Å². The van der Waals surface area contributed by atoms with Gasteiger partial charge >= 0.3 is 5.97 Å². The highest BCUT2D eigenvalue weighted by Crippen LogP contribution is 2.29. The highest BCUT2D eigenvalue weighted by Gasteiger charge is 2.22. The third-order valence-electron chi connectivity index (χ3n) is 6.08. The Bertz CT molecular complexity index is 1500. The molecule has 11 heteroatoms. The molecule has 36 heavy (non-hydrogen) atoms. The average molecular weight is 525 g/mol. The van der Waals surface area contributed by atoms with Crippen LogP contribution < -0.4 is 19.3 Å². The first kappa shape index (κ1) is 23.9. The van der Waals surface area contributed by atoms with E-state index in [0.717, 1.165) is 35.9 Å². The van der Waals surface area contributed by atoms with Crippen molar-refractivity contribution in [2.24, 2.45) is 0 Å². The minimum atomic E-state index is -3.75. The second-order valence-corrected chi connectivity index (χ2v) is 11.1. The van der Waals surface area contributed by atoms with Crippen molar-refractivity contribution in [3.63, 3.8) is 0 Å². The van der Waals surface area contributed by atoms with Crippen LogP contribution in [-0.4, -0.2) is 57.8 Å². The lowest BCUT2D eigenvalue weighted by atomic mass is 10.1. The Morgan fingerprint density at radius 3 is 2.39 bits per heavy atom. The van der Waals surface area contributed by atoms with E-state index < -0.39 is 16.0 Å². The van der Waals surface area contributed by atoms with Gasteiger partial charge in [0, 0.05) is 42.9 Å². The van der Waals surface area contributed by atoms with Crippen molar-refractivity contribution in [1.29, 1.82) is 0 Å². The van der Waals surface area contributed by atoms with Crippen molar-refractivity contribution in [3.05, 3.63) is 71.6 Å². The van der Waals surface area contributed by atoms with E-state index in [0.29, 0.717) is 29.8 Å². The van der Waals surface area contributed by atoms with Crippen LogP contribution in [0, 0.1) is 0 Å². The maximum atomic E-state index is 12.6. The summed E-state index contributed by atoms with van der Waals surface area (Å²) in [6, 6.07) is 17.4. The molecule has 0 saturated carbocycles. The van der Waals surface area contributed by atoms with Crippen LogP contribution in [0.1, 0.15) is 10.4 Å². The number of aromatic nitrogens is 1. The Hall–Kier alpha value is -3.83. The third kappa shape index (κ3) is 4.79. The van der Waals surface area contributed by atoms with Gasteiger partial charge in [-0.15, -0.1) is 11.3 Å². The van der Waals surface area contributed by atoms with Gasteiger partial charge in [-0.05, 0) is 60.0 Å². The molecular formula is C25H24N4O5S2. The molecule has 0 spiro atoms. The lowest BCUT2D eigenvalue weighted by Crippen LogP contribution is -2.46. The number of benzene rings is 2. The number of rotatable bonds is 7. The quantitative estimate of drug-likeness (QED) is 0.371. The number of hydrogen-bond donors (Lipinski definition) is 2. The van der Waals surface area contributed by atoms with Crippen LogP contribution in [0.2, 0.25) is 0 Å². The Balaban J connectivity index is 1.38. The number of aromatic carboxylic acids is 1. The van der Waals surface area contributed by atoms with E-state index in [1.54, 1.807) is 36.8 Å². The van der Waals surface area contributed by atoms with Crippen molar-refractivity contribution in [3.8, 4) is 5.75 Å². The highest BCUT2D eigenvalue weighted by atomic mass is 32.2. The number of sulfonamides is 1. The third-order valence-corrected chi connectivity index (χ3v) is 8.86. The molecule has 0 amide bonds. The molecule has 1 aliphatic heterocycles. The van der Waals surface area contributed by atoms with Crippen molar-refractivity contribution < 1.29 is 23.1 Å². The first-order valence-corrected chi connectivity index (χ1v) is 13.6. The first-order chi connectivity index (χ1) is 17.3. The number of carboxylic acids is 1. The van der Waals surface area contributed by atoms with Crippen molar-refractivity contribution in [1.82, 2.24) is 4.98 Å². The van der Waals surface area contributed by atoms with Crippen LogP contribution in [0.25, 0.3) is 10.9 Å². The summed E-state index contributed by atoms with van der Waals surface area (Å²) in [5.41, 5.74) is 1.94. The fraction of sp³-hybridized carbons (Fsp3) is 0.200. The van der Waals surface area contributed by atoms with Crippen LogP contribution in [-0.2, 0) is 10.0 Å². The van der Waals surface area contributed by atoms with Crippen LogP contribution in [0.5, 0.6) is 5.75 Å². The molecule has 0 unspecified atom stereocenters. The van der Waals surface area contributed by atoms with Gasteiger partial charge in [-0.25, -0.2) is 18.2 Å². The Kier molecular flexibility index (Phi) is 6.42. The first-order valence-electron chi connectivity index (χ1n) is 11.2. The number of carbonyl (C=O) groups is 1. The molecule has 2 aromatic carbocycles. The molecule has 2 aromatic heterocycles. The monoisotopic (exact) mass is 524 g/mol. The number of fused-ring (bicyclic) bond motifs is 1. The van der Waals surface area contributed by atoms with Crippen LogP contribution in [0.3, 0.4) is 0 Å². The zero-order valence-corrected chi connectivity index (χ0v) is 21.1. The van der Waals surface area contributed by atoms with Gasteiger partial charge in [0.1, 0.15) is 15.8 Å². The van der Waals surface area contributed by atoms with E-state index in [9.17, 15) is 18.3 Å². The predicted molar refractivity (Wildman–Crippen MR) is 141 cm³/mol. The van der Waals surface area contributed by atoms with Crippen LogP contribution >= 0.6 is 11.3 Å². The smallest absolute Gasteiger partial charge is 0.336 e. The van der Waals surface area contributed by atoms with Crippen molar-refractivity contribution >= 4 is 55.4 Å². The number of thiophene rings is 1. The number of pyridine rings is 1. The lowest BCUT2D eigenvalue weighted by Gasteiger charge is -2.37. The molecule has 9 nitrogen and oxygen atoms in total. The molecule has 0 aliphatic carbocycles. The average Bonchev–Trinajstić information content (AvgIpc) is 3.44. The molecule has 4 aromatic rings.